The van der Waals surface area contributed by atoms with E-state index >= 15 is 0 Å². The van der Waals surface area contributed by atoms with Gasteiger partial charge in [-0.1, -0.05) is 60.7 Å². The van der Waals surface area contributed by atoms with Crippen LogP contribution in [0.4, 0.5) is 0 Å². The number of esters is 2. The summed E-state index contributed by atoms with van der Waals surface area (Å²) in [5.74, 6) is -2.31. The van der Waals surface area contributed by atoms with Crippen molar-refractivity contribution in [3.05, 3.63) is 131 Å². The molecule has 0 aromatic heterocycles. The molecule has 0 radical (unpaired) electrons. The van der Waals surface area contributed by atoms with Crippen molar-refractivity contribution in [2.75, 3.05) is 13.1 Å². The van der Waals surface area contributed by atoms with Gasteiger partial charge >= 0.3 is 11.9 Å². The van der Waals surface area contributed by atoms with E-state index in [9.17, 15) is 30.0 Å². The maximum Gasteiger partial charge on any atom is 0.336 e. The van der Waals surface area contributed by atoms with E-state index in [2.05, 4.69) is 10.6 Å². The summed E-state index contributed by atoms with van der Waals surface area (Å²) in [4.78, 5) is 24.9. The van der Waals surface area contributed by atoms with Gasteiger partial charge in [-0.3, -0.25) is 0 Å². The molecule has 4 aromatic rings. The molecule has 10 heteroatoms. The number of rotatable bonds is 16. The fourth-order valence-electron chi connectivity index (χ4n) is 5.09. The molecule has 6 N–H and O–H groups in total. The van der Waals surface area contributed by atoms with Crippen LogP contribution >= 0.6 is 0 Å². The minimum atomic E-state index is -0.988. The van der Waals surface area contributed by atoms with E-state index in [1.165, 1.54) is 36.4 Å². The minimum Gasteiger partial charge on any atom is -0.508 e. The lowest BCUT2D eigenvalue weighted by Crippen LogP contribution is -2.32. The molecule has 0 aliphatic carbocycles. The molecule has 0 saturated carbocycles. The van der Waals surface area contributed by atoms with Crippen LogP contribution in [0, 0.1) is 0 Å². The fourth-order valence-corrected chi connectivity index (χ4v) is 5.09. The number of aromatic hydroxyl groups is 2. The molecule has 0 bridgehead atoms. The summed E-state index contributed by atoms with van der Waals surface area (Å²) in [5.41, 5.74) is 2.99. The number of carbonyl (C=O) groups excluding carboxylic acids is 2. The number of aliphatic hydroxyl groups is 2. The van der Waals surface area contributed by atoms with Crippen LogP contribution in [-0.4, -0.2) is 57.5 Å². The Morgan fingerprint density at radius 3 is 1.38 bits per heavy atom. The van der Waals surface area contributed by atoms with Crippen molar-refractivity contribution in [1.29, 1.82) is 0 Å². The molecule has 252 valence electrons. The number of nitrogens with one attached hydrogen (secondary N) is 2. The predicted molar refractivity (Wildman–Crippen MR) is 182 cm³/mol. The Morgan fingerprint density at radius 2 is 1.00 bits per heavy atom. The SMILES string of the molecule is C[C@H](Cc1ccccc1)NC[C@H](O)c1cc(O)cc(OC(=O)/C=C/C(=O)Oc2cc(O)cc([C@@H](O)CN[C@H](C)Cc3ccccc3)c2)c1. The molecule has 0 saturated heterocycles. The lowest BCUT2D eigenvalue weighted by Gasteiger charge is -2.18. The van der Waals surface area contributed by atoms with Crippen LogP contribution in [0.5, 0.6) is 23.0 Å². The van der Waals surface area contributed by atoms with E-state index in [1.54, 1.807) is 0 Å². The molecule has 0 spiro atoms. The molecular formula is C38H42N2O8. The second-order valence-corrected chi connectivity index (χ2v) is 11.7. The number of phenolic OH excluding ortho intramolecular Hbond substituents is 2. The van der Waals surface area contributed by atoms with Gasteiger partial charge in [-0.2, -0.15) is 0 Å². The topological polar surface area (TPSA) is 158 Å². The van der Waals surface area contributed by atoms with Gasteiger partial charge in [-0.05, 0) is 73.2 Å². The number of benzene rings is 4. The zero-order chi connectivity index (χ0) is 34.5. The highest BCUT2D eigenvalue weighted by molar-refractivity contribution is 5.93. The van der Waals surface area contributed by atoms with E-state index in [0.717, 1.165) is 36.1 Å². The Morgan fingerprint density at radius 1 is 0.625 bits per heavy atom. The summed E-state index contributed by atoms with van der Waals surface area (Å²) in [6.45, 7) is 4.41. The molecule has 10 nitrogen and oxygen atoms in total. The van der Waals surface area contributed by atoms with Crippen molar-refractivity contribution in [1.82, 2.24) is 10.6 Å². The normalized spacial score (nSPS) is 13.8. The van der Waals surface area contributed by atoms with Gasteiger partial charge in [0.15, 0.2) is 0 Å². The molecule has 0 fully saturated rings. The van der Waals surface area contributed by atoms with Crippen molar-refractivity contribution in [2.24, 2.45) is 0 Å². The van der Waals surface area contributed by atoms with Crippen LogP contribution in [-0.2, 0) is 22.4 Å². The Bertz CT molecular complexity index is 1540. The van der Waals surface area contributed by atoms with Crippen molar-refractivity contribution in [3.8, 4) is 23.0 Å². The van der Waals surface area contributed by atoms with Gasteiger partial charge in [-0.15, -0.1) is 0 Å². The third-order valence-corrected chi connectivity index (χ3v) is 7.48. The fraction of sp³-hybridized carbons (Fsp3) is 0.263. The Balaban J connectivity index is 1.26. The quantitative estimate of drug-likeness (QED) is 0.0570. The van der Waals surface area contributed by atoms with Crippen LogP contribution in [0.3, 0.4) is 0 Å². The first-order valence-electron chi connectivity index (χ1n) is 15.7. The van der Waals surface area contributed by atoms with Crippen LogP contribution in [0.1, 0.15) is 48.3 Å². The molecular weight excluding hydrogens is 612 g/mol. The lowest BCUT2D eigenvalue weighted by molar-refractivity contribution is -0.131. The van der Waals surface area contributed by atoms with Crippen LogP contribution in [0.2, 0.25) is 0 Å². The predicted octanol–water partition coefficient (Wildman–Crippen LogP) is 4.67. The smallest absolute Gasteiger partial charge is 0.336 e. The Labute approximate surface area is 280 Å². The van der Waals surface area contributed by atoms with E-state index in [4.69, 9.17) is 9.47 Å². The minimum absolute atomic E-state index is 0.0253. The lowest BCUT2D eigenvalue weighted by atomic mass is 10.1. The van der Waals surface area contributed by atoms with Gasteiger partial charge in [0.05, 0.1) is 12.2 Å². The van der Waals surface area contributed by atoms with E-state index in [-0.39, 0.29) is 48.2 Å². The summed E-state index contributed by atoms with van der Waals surface area (Å²) in [7, 11) is 0. The van der Waals surface area contributed by atoms with Gasteiger partial charge in [-0.25, -0.2) is 9.59 Å². The van der Waals surface area contributed by atoms with Crippen molar-refractivity contribution in [3.63, 3.8) is 0 Å². The third kappa shape index (κ3) is 12.0. The van der Waals surface area contributed by atoms with Crippen molar-refractivity contribution in [2.45, 2.75) is 51.0 Å². The number of hydrogen-bond acceptors (Lipinski definition) is 10. The summed E-state index contributed by atoms with van der Waals surface area (Å²) in [6, 6.07) is 28.1. The van der Waals surface area contributed by atoms with Gasteiger partial charge in [0.2, 0.25) is 0 Å². The maximum absolute atomic E-state index is 12.4. The molecule has 0 aliphatic heterocycles. The molecule has 4 atom stereocenters. The highest BCUT2D eigenvalue weighted by Crippen LogP contribution is 2.27. The zero-order valence-corrected chi connectivity index (χ0v) is 27.0. The molecule has 0 unspecified atom stereocenters. The molecule has 4 rings (SSSR count). The third-order valence-electron chi connectivity index (χ3n) is 7.48. The van der Waals surface area contributed by atoms with E-state index in [0.29, 0.717) is 11.1 Å². The number of ether oxygens (including phenoxy) is 2. The summed E-state index contributed by atoms with van der Waals surface area (Å²) >= 11 is 0. The highest BCUT2D eigenvalue weighted by atomic mass is 16.5. The Hall–Kier alpha value is -5.00. The standard InChI is InChI=1S/C38H42N2O8/c1-25(15-27-9-5-3-6-10-27)39-23-35(43)29-17-31(41)21-33(19-29)47-37(45)13-14-38(46)48-34-20-30(18-32(42)22-34)36(44)24-40-26(2)16-28-11-7-4-8-12-28/h3-14,17-22,25-26,35-36,39-44H,15-16,23-24H2,1-2H3/b14-13+/t25-,26-,35+,36+/m1/s1. The molecule has 0 aliphatic rings. The maximum atomic E-state index is 12.4. The first kappa shape index (κ1) is 35.8. The van der Waals surface area contributed by atoms with Gasteiger partial charge in [0, 0.05) is 49.5 Å². The van der Waals surface area contributed by atoms with Gasteiger partial charge < -0.3 is 40.5 Å². The first-order chi connectivity index (χ1) is 23.0. The number of aliphatic hydroxyl groups excluding tert-OH is 2. The highest BCUT2D eigenvalue weighted by Gasteiger charge is 2.16. The van der Waals surface area contributed by atoms with E-state index < -0.39 is 24.1 Å². The second kappa shape index (κ2) is 17.8. The molecule has 48 heavy (non-hydrogen) atoms. The van der Waals surface area contributed by atoms with Crippen LogP contribution in [0.15, 0.2) is 109 Å². The average Bonchev–Trinajstić information content (AvgIpc) is 3.05. The zero-order valence-electron chi connectivity index (χ0n) is 27.0. The van der Waals surface area contributed by atoms with Gasteiger partial charge in [0.25, 0.3) is 0 Å². The first-order valence-corrected chi connectivity index (χ1v) is 15.7. The Kier molecular flexibility index (Phi) is 13.3. The van der Waals surface area contributed by atoms with E-state index in [1.807, 2.05) is 74.5 Å². The van der Waals surface area contributed by atoms with Crippen LogP contribution < -0.4 is 20.1 Å². The molecule has 0 amide bonds. The second-order valence-electron chi connectivity index (χ2n) is 11.7. The van der Waals surface area contributed by atoms with Crippen molar-refractivity contribution >= 4 is 11.9 Å². The molecule has 4 aromatic carbocycles. The van der Waals surface area contributed by atoms with Crippen molar-refractivity contribution < 1.29 is 39.5 Å². The molecule has 0 heterocycles. The summed E-state index contributed by atoms with van der Waals surface area (Å²) < 4.78 is 10.5. The monoisotopic (exact) mass is 654 g/mol. The average molecular weight is 655 g/mol. The number of hydrogen-bond donors (Lipinski definition) is 6. The summed E-state index contributed by atoms with van der Waals surface area (Å²) in [5, 5.41) is 48.2. The largest absolute Gasteiger partial charge is 0.508 e. The van der Waals surface area contributed by atoms with Gasteiger partial charge in [0.1, 0.15) is 23.0 Å². The van der Waals surface area contributed by atoms with Crippen LogP contribution in [0.25, 0.3) is 0 Å². The number of phenols is 2. The summed E-state index contributed by atoms with van der Waals surface area (Å²) in [6.07, 6.45) is 1.27. The number of carbonyl (C=O) groups is 2.